The zero-order valence-corrected chi connectivity index (χ0v) is 15.4. The van der Waals surface area contributed by atoms with E-state index in [-0.39, 0.29) is 6.61 Å². The molecule has 138 valence electrons. The first-order chi connectivity index (χ1) is 12.7. The maximum Gasteiger partial charge on any atom is 0.225 e. The fourth-order valence-electron chi connectivity index (χ4n) is 4.54. The third kappa shape index (κ3) is 3.79. The zero-order chi connectivity index (χ0) is 17.9. The first-order valence-corrected chi connectivity index (χ1v) is 9.94. The molecule has 5 rings (SSSR count). The van der Waals surface area contributed by atoms with Gasteiger partial charge in [-0.1, -0.05) is 30.4 Å². The molecular formula is C22H28N2O2. The molecule has 0 unspecified atom stereocenters. The Balaban J connectivity index is 1.41. The fourth-order valence-corrected chi connectivity index (χ4v) is 4.54. The summed E-state index contributed by atoms with van der Waals surface area (Å²) in [6.45, 7) is 3.81. The van der Waals surface area contributed by atoms with Crippen LogP contribution in [0.4, 0.5) is 0 Å². The zero-order valence-electron chi connectivity index (χ0n) is 15.4. The normalized spacial score (nSPS) is 26.0. The molecule has 1 N–H and O–H groups in total. The Morgan fingerprint density at radius 2 is 1.88 bits per heavy atom. The van der Waals surface area contributed by atoms with Gasteiger partial charge in [-0.05, 0) is 49.3 Å². The molecule has 3 aliphatic heterocycles. The fraction of sp³-hybridized carbons (Fsp3) is 0.591. The molecule has 2 bridgehead atoms. The van der Waals surface area contributed by atoms with Crippen molar-refractivity contribution in [2.24, 2.45) is 11.8 Å². The summed E-state index contributed by atoms with van der Waals surface area (Å²) in [5.74, 6) is 6.98. The topological polar surface area (TPSA) is 43.8 Å². The molecule has 3 heterocycles. The second kappa shape index (κ2) is 7.82. The molecule has 0 spiro atoms. The number of carbonyl (C=O) groups is 1. The molecule has 0 radical (unpaired) electrons. The van der Waals surface area contributed by atoms with Gasteiger partial charge in [0.2, 0.25) is 5.91 Å². The average molecular weight is 352 g/mol. The number of piperidine rings is 1. The second-order valence-corrected chi connectivity index (χ2v) is 8.05. The summed E-state index contributed by atoms with van der Waals surface area (Å²) in [5, 5.41) is 8.79. The van der Waals surface area contributed by atoms with Gasteiger partial charge < -0.3 is 10.0 Å². The number of nitrogens with zero attached hydrogens (tertiary/aromatic N) is 2. The number of aliphatic hydroxyl groups is 1. The van der Waals surface area contributed by atoms with Crippen LogP contribution in [0.3, 0.4) is 0 Å². The van der Waals surface area contributed by atoms with Gasteiger partial charge in [0.05, 0.1) is 0 Å². The summed E-state index contributed by atoms with van der Waals surface area (Å²) in [5.41, 5.74) is 2.24. The van der Waals surface area contributed by atoms with Crippen LogP contribution >= 0.6 is 0 Å². The SMILES string of the molecule is O=C(C1CCC1)N1C[C@@H]2CC[C@H](C1)N(Cc1ccc(C#CCO)cc1)C2. The Morgan fingerprint density at radius 1 is 1.08 bits per heavy atom. The number of fused-ring (bicyclic) bond motifs is 4. The summed E-state index contributed by atoms with van der Waals surface area (Å²) < 4.78 is 0. The highest BCUT2D eigenvalue weighted by Gasteiger charge is 2.38. The lowest BCUT2D eigenvalue weighted by atomic mass is 9.84. The van der Waals surface area contributed by atoms with Gasteiger partial charge in [0.15, 0.2) is 0 Å². The van der Waals surface area contributed by atoms with Crippen molar-refractivity contribution in [2.75, 3.05) is 26.2 Å². The molecule has 4 aliphatic rings. The third-order valence-electron chi connectivity index (χ3n) is 6.24. The minimum absolute atomic E-state index is 0.103. The van der Waals surface area contributed by atoms with Crippen LogP contribution in [-0.4, -0.2) is 53.1 Å². The van der Waals surface area contributed by atoms with Gasteiger partial charge in [-0.25, -0.2) is 0 Å². The van der Waals surface area contributed by atoms with Crippen molar-refractivity contribution >= 4 is 5.91 Å². The Morgan fingerprint density at radius 3 is 2.58 bits per heavy atom. The van der Waals surface area contributed by atoms with Crippen LogP contribution in [0.25, 0.3) is 0 Å². The van der Waals surface area contributed by atoms with Gasteiger partial charge in [-0.3, -0.25) is 9.69 Å². The highest BCUT2D eigenvalue weighted by Crippen LogP contribution is 2.33. The van der Waals surface area contributed by atoms with E-state index in [1.165, 1.54) is 24.8 Å². The molecule has 1 aromatic rings. The third-order valence-corrected chi connectivity index (χ3v) is 6.24. The molecule has 0 aromatic heterocycles. The second-order valence-electron chi connectivity index (χ2n) is 8.05. The molecular weight excluding hydrogens is 324 g/mol. The van der Waals surface area contributed by atoms with Crippen LogP contribution in [0.15, 0.2) is 24.3 Å². The molecule has 3 saturated heterocycles. The van der Waals surface area contributed by atoms with Crippen molar-refractivity contribution in [1.29, 1.82) is 0 Å². The van der Waals surface area contributed by atoms with Crippen LogP contribution < -0.4 is 0 Å². The molecule has 1 aliphatic carbocycles. The summed E-state index contributed by atoms with van der Waals surface area (Å²) in [6.07, 6.45) is 5.88. The van der Waals surface area contributed by atoms with Crippen LogP contribution in [0.2, 0.25) is 0 Å². The molecule has 4 nitrogen and oxygen atoms in total. The molecule has 1 aromatic carbocycles. The van der Waals surface area contributed by atoms with E-state index in [0.29, 0.717) is 23.8 Å². The Kier molecular flexibility index (Phi) is 5.28. The Hall–Kier alpha value is -1.83. The predicted octanol–water partition coefficient (Wildman–Crippen LogP) is 2.25. The lowest BCUT2D eigenvalue weighted by molar-refractivity contribution is -0.138. The van der Waals surface area contributed by atoms with Gasteiger partial charge in [-0.15, -0.1) is 0 Å². The number of amides is 1. The largest absolute Gasteiger partial charge is 0.384 e. The van der Waals surface area contributed by atoms with Crippen molar-refractivity contribution in [3.8, 4) is 11.8 Å². The number of rotatable bonds is 3. The summed E-state index contributed by atoms with van der Waals surface area (Å²) >= 11 is 0. The maximum absolute atomic E-state index is 12.7. The van der Waals surface area contributed by atoms with E-state index in [9.17, 15) is 4.79 Å². The van der Waals surface area contributed by atoms with E-state index in [1.54, 1.807) is 0 Å². The molecule has 2 atom stereocenters. The van der Waals surface area contributed by atoms with Crippen LogP contribution in [0, 0.1) is 23.7 Å². The summed E-state index contributed by atoms with van der Waals surface area (Å²) in [4.78, 5) is 17.5. The highest BCUT2D eigenvalue weighted by molar-refractivity contribution is 5.79. The van der Waals surface area contributed by atoms with Gasteiger partial charge in [-0.2, -0.15) is 0 Å². The van der Waals surface area contributed by atoms with Crippen LogP contribution in [-0.2, 0) is 11.3 Å². The van der Waals surface area contributed by atoms with E-state index >= 15 is 0 Å². The van der Waals surface area contributed by atoms with Gasteiger partial charge in [0.25, 0.3) is 0 Å². The average Bonchev–Trinajstić information content (AvgIpc) is 2.91. The molecule has 4 heteroatoms. The number of aliphatic hydroxyl groups excluding tert-OH is 1. The number of carbonyl (C=O) groups excluding carboxylic acids is 1. The lowest BCUT2D eigenvalue weighted by Crippen LogP contribution is -2.45. The van der Waals surface area contributed by atoms with Crippen LogP contribution in [0.5, 0.6) is 0 Å². The number of benzene rings is 1. The van der Waals surface area contributed by atoms with E-state index in [4.69, 9.17) is 5.11 Å². The van der Waals surface area contributed by atoms with Gasteiger partial charge >= 0.3 is 0 Å². The molecule has 26 heavy (non-hydrogen) atoms. The smallest absolute Gasteiger partial charge is 0.225 e. The number of hydrogen-bond donors (Lipinski definition) is 1. The Labute approximate surface area is 156 Å². The summed E-state index contributed by atoms with van der Waals surface area (Å²) in [7, 11) is 0. The minimum atomic E-state index is -0.103. The monoisotopic (exact) mass is 352 g/mol. The standard InChI is InChI=1S/C22H28N2O2/c25-12-2-3-17-6-8-18(9-7-17)13-23-14-19-10-11-21(23)16-24(15-19)22(26)20-4-1-5-20/h6-9,19-21,25H,1,4-5,10-16H2/t19-,21-/m1/s1. The van der Waals surface area contributed by atoms with Crippen molar-refractivity contribution in [3.05, 3.63) is 35.4 Å². The minimum Gasteiger partial charge on any atom is -0.384 e. The van der Waals surface area contributed by atoms with E-state index in [1.807, 2.05) is 12.1 Å². The molecule has 1 saturated carbocycles. The first kappa shape index (κ1) is 17.6. The van der Waals surface area contributed by atoms with E-state index in [0.717, 1.165) is 44.6 Å². The Bertz CT molecular complexity index is 699. The van der Waals surface area contributed by atoms with E-state index in [2.05, 4.69) is 33.8 Å². The highest BCUT2D eigenvalue weighted by atomic mass is 16.2. The summed E-state index contributed by atoms with van der Waals surface area (Å²) in [6, 6.07) is 8.82. The number of hydrogen-bond acceptors (Lipinski definition) is 3. The predicted molar refractivity (Wildman–Crippen MR) is 101 cm³/mol. The maximum atomic E-state index is 12.7. The first-order valence-electron chi connectivity index (χ1n) is 9.94. The molecule has 1 amide bonds. The van der Waals surface area contributed by atoms with Gasteiger partial charge in [0.1, 0.15) is 6.61 Å². The van der Waals surface area contributed by atoms with Crippen molar-refractivity contribution in [2.45, 2.75) is 44.7 Å². The van der Waals surface area contributed by atoms with Crippen molar-refractivity contribution in [3.63, 3.8) is 0 Å². The van der Waals surface area contributed by atoms with Crippen molar-refractivity contribution < 1.29 is 9.90 Å². The van der Waals surface area contributed by atoms with Gasteiger partial charge in [0, 0.05) is 43.7 Å². The quantitative estimate of drug-likeness (QED) is 0.849. The van der Waals surface area contributed by atoms with E-state index < -0.39 is 0 Å². The van der Waals surface area contributed by atoms with Crippen LogP contribution in [0.1, 0.15) is 43.2 Å². The lowest BCUT2D eigenvalue weighted by Gasteiger charge is -2.36. The molecule has 4 fully saturated rings. The van der Waals surface area contributed by atoms with Crippen molar-refractivity contribution in [1.82, 2.24) is 9.80 Å².